The lowest BCUT2D eigenvalue weighted by atomic mass is 9.97. The highest BCUT2D eigenvalue weighted by atomic mass is 19.4. The summed E-state index contributed by atoms with van der Waals surface area (Å²) in [5.41, 5.74) is 6.80. The zero-order chi connectivity index (χ0) is 15.6. The van der Waals surface area contributed by atoms with Gasteiger partial charge in [-0.1, -0.05) is 35.9 Å². The summed E-state index contributed by atoms with van der Waals surface area (Å²) in [4.78, 5) is 0. The summed E-state index contributed by atoms with van der Waals surface area (Å²) < 4.78 is 51.7. The Hall–Kier alpha value is -1.88. The predicted octanol–water partition coefficient (Wildman–Crippen LogP) is 4.40. The maximum Gasteiger partial charge on any atom is 0.416 e. The van der Waals surface area contributed by atoms with E-state index in [1.807, 2.05) is 0 Å². The molecule has 0 fully saturated rings. The molecule has 2 aromatic carbocycles. The summed E-state index contributed by atoms with van der Waals surface area (Å²) in [6.07, 6.45) is -4.25. The summed E-state index contributed by atoms with van der Waals surface area (Å²) in [6.45, 7) is 1.81. The van der Waals surface area contributed by atoms with Crippen LogP contribution in [0.15, 0.2) is 42.5 Å². The Morgan fingerprint density at radius 3 is 2.48 bits per heavy atom. The van der Waals surface area contributed by atoms with Gasteiger partial charge in [-0.05, 0) is 31.0 Å². The normalized spacial score (nSPS) is 13.2. The Balaban J connectivity index is 2.23. The van der Waals surface area contributed by atoms with Crippen molar-refractivity contribution in [3.63, 3.8) is 0 Å². The molecule has 1 nitrogen and oxygen atoms in total. The van der Waals surface area contributed by atoms with E-state index >= 15 is 0 Å². The third kappa shape index (κ3) is 3.82. The van der Waals surface area contributed by atoms with Gasteiger partial charge in [-0.25, -0.2) is 4.39 Å². The number of benzene rings is 2. The van der Waals surface area contributed by atoms with Gasteiger partial charge in [0.1, 0.15) is 5.82 Å². The van der Waals surface area contributed by atoms with Gasteiger partial charge in [0.25, 0.3) is 0 Å². The van der Waals surface area contributed by atoms with Crippen molar-refractivity contribution in [2.75, 3.05) is 0 Å². The topological polar surface area (TPSA) is 26.0 Å². The van der Waals surface area contributed by atoms with Gasteiger partial charge in [0.15, 0.2) is 0 Å². The molecule has 0 bridgehead atoms. The molecule has 2 aromatic rings. The van der Waals surface area contributed by atoms with E-state index in [-0.39, 0.29) is 6.42 Å². The van der Waals surface area contributed by atoms with Gasteiger partial charge in [0, 0.05) is 11.6 Å². The van der Waals surface area contributed by atoms with Crippen LogP contribution in [-0.2, 0) is 12.6 Å². The Kier molecular flexibility index (Phi) is 4.32. The van der Waals surface area contributed by atoms with Gasteiger partial charge in [-0.3, -0.25) is 0 Å². The molecule has 2 N–H and O–H groups in total. The summed E-state index contributed by atoms with van der Waals surface area (Å²) in [6, 6.07) is 8.81. The van der Waals surface area contributed by atoms with Crippen LogP contribution >= 0.6 is 0 Å². The van der Waals surface area contributed by atoms with Crippen molar-refractivity contribution in [3.05, 3.63) is 70.5 Å². The average Bonchev–Trinajstić information content (AvgIpc) is 2.41. The average molecular weight is 297 g/mol. The predicted molar refractivity (Wildman–Crippen MR) is 73.2 cm³/mol. The fourth-order valence-electron chi connectivity index (χ4n) is 2.19. The third-order valence-electron chi connectivity index (χ3n) is 3.26. The molecule has 1 atom stereocenters. The van der Waals surface area contributed by atoms with Crippen molar-refractivity contribution in [1.29, 1.82) is 0 Å². The molecule has 5 heteroatoms. The van der Waals surface area contributed by atoms with E-state index < -0.39 is 23.6 Å². The van der Waals surface area contributed by atoms with Crippen LogP contribution in [0.1, 0.15) is 28.3 Å². The van der Waals surface area contributed by atoms with E-state index in [1.54, 1.807) is 25.1 Å². The van der Waals surface area contributed by atoms with Crippen LogP contribution in [0.4, 0.5) is 17.6 Å². The first-order valence-corrected chi connectivity index (χ1v) is 6.45. The SMILES string of the molecule is Cc1ccc(F)c(C(N)Cc2cccc(C(F)(F)F)c2)c1. The molecule has 0 radical (unpaired) electrons. The lowest BCUT2D eigenvalue weighted by molar-refractivity contribution is -0.137. The molecule has 21 heavy (non-hydrogen) atoms. The van der Waals surface area contributed by atoms with Gasteiger partial charge >= 0.3 is 6.18 Å². The monoisotopic (exact) mass is 297 g/mol. The minimum Gasteiger partial charge on any atom is -0.324 e. The second-order valence-electron chi connectivity index (χ2n) is 5.03. The zero-order valence-electron chi connectivity index (χ0n) is 11.4. The van der Waals surface area contributed by atoms with E-state index in [2.05, 4.69) is 0 Å². The Labute approximate surface area is 120 Å². The smallest absolute Gasteiger partial charge is 0.324 e. The molecule has 112 valence electrons. The maximum absolute atomic E-state index is 13.7. The number of alkyl halides is 3. The van der Waals surface area contributed by atoms with Crippen LogP contribution in [0.3, 0.4) is 0 Å². The minimum absolute atomic E-state index is 0.143. The van der Waals surface area contributed by atoms with E-state index in [0.717, 1.165) is 17.7 Å². The Morgan fingerprint density at radius 1 is 1.10 bits per heavy atom. The molecule has 0 saturated heterocycles. The first kappa shape index (κ1) is 15.5. The molecular weight excluding hydrogens is 282 g/mol. The van der Waals surface area contributed by atoms with Crippen molar-refractivity contribution in [3.8, 4) is 0 Å². The summed E-state index contributed by atoms with van der Waals surface area (Å²) in [7, 11) is 0. The van der Waals surface area contributed by atoms with Gasteiger partial charge < -0.3 is 5.73 Å². The zero-order valence-corrected chi connectivity index (χ0v) is 11.4. The standard InChI is InChI=1S/C16H15F4N/c1-10-5-6-14(17)13(7-10)15(21)9-11-3-2-4-12(8-11)16(18,19)20/h2-8,15H,9,21H2,1H3. The van der Waals surface area contributed by atoms with E-state index in [0.29, 0.717) is 11.1 Å². The fourth-order valence-corrected chi connectivity index (χ4v) is 2.19. The molecule has 0 aliphatic rings. The molecule has 0 aliphatic carbocycles. The highest BCUT2D eigenvalue weighted by molar-refractivity contribution is 5.31. The largest absolute Gasteiger partial charge is 0.416 e. The molecule has 2 rings (SSSR count). The molecule has 0 saturated carbocycles. The van der Waals surface area contributed by atoms with Crippen LogP contribution in [0, 0.1) is 12.7 Å². The van der Waals surface area contributed by atoms with Crippen LogP contribution in [0.25, 0.3) is 0 Å². The molecule has 0 aliphatic heterocycles. The summed E-state index contributed by atoms with van der Waals surface area (Å²) in [5, 5.41) is 0. The molecular formula is C16H15F4N. The maximum atomic E-state index is 13.7. The lowest BCUT2D eigenvalue weighted by Gasteiger charge is -2.15. The highest BCUT2D eigenvalue weighted by Crippen LogP contribution is 2.30. The van der Waals surface area contributed by atoms with Crippen LogP contribution in [0.5, 0.6) is 0 Å². The van der Waals surface area contributed by atoms with Gasteiger partial charge in [-0.15, -0.1) is 0 Å². The van der Waals surface area contributed by atoms with Crippen LogP contribution in [0.2, 0.25) is 0 Å². The van der Waals surface area contributed by atoms with Gasteiger partial charge in [0.2, 0.25) is 0 Å². The van der Waals surface area contributed by atoms with Gasteiger partial charge in [0.05, 0.1) is 5.56 Å². The molecule has 0 amide bonds. The van der Waals surface area contributed by atoms with Gasteiger partial charge in [-0.2, -0.15) is 13.2 Å². The third-order valence-corrected chi connectivity index (χ3v) is 3.26. The second kappa shape index (κ2) is 5.85. The molecule has 1 unspecified atom stereocenters. The van der Waals surface area contributed by atoms with Crippen molar-refractivity contribution < 1.29 is 17.6 Å². The van der Waals surface area contributed by atoms with Crippen LogP contribution in [-0.4, -0.2) is 0 Å². The number of aryl methyl sites for hydroxylation is 1. The number of nitrogens with two attached hydrogens (primary N) is 1. The van der Waals surface area contributed by atoms with E-state index in [9.17, 15) is 17.6 Å². The first-order valence-electron chi connectivity index (χ1n) is 6.45. The van der Waals surface area contributed by atoms with E-state index in [4.69, 9.17) is 5.73 Å². The first-order chi connectivity index (χ1) is 9.77. The fraction of sp³-hybridized carbons (Fsp3) is 0.250. The van der Waals surface area contributed by atoms with Crippen molar-refractivity contribution in [1.82, 2.24) is 0 Å². The quantitative estimate of drug-likeness (QED) is 0.835. The van der Waals surface area contributed by atoms with Crippen molar-refractivity contribution >= 4 is 0 Å². The number of hydrogen-bond acceptors (Lipinski definition) is 1. The number of hydrogen-bond donors (Lipinski definition) is 1. The Bertz CT molecular complexity index is 634. The highest BCUT2D eigenvalue weighted by Gasteiger charge is 2.30. The Morgan fingerprint density at radius 2 is 1.81 bits per heavy atom. The van der Waals surface area contributed by atoms with Crippen molar-refractivity contribution in [2.24, 2.45) is 5.73 Å². The lowest BCUT2D eigenvalue weighted by Crippen LogP contribution is -2.16. The number of rotatable bonds is 3. The second-order valence-corrected chi connectivity index (χ2v) is 5.03. The molecule has 0 spiro atoms. The molecule has 0 heterocycles. The summed E-state index contributed by atoms with van der Waals surface area (Å²) >= 11 is 0. The minimum atomic E-state index is -4.39. The molecule has 0 aromatic heterocycles. The van der Waals surface area contributed by atoms with Crippen molar-refractivity contribution in [2.45, 2.75) is 25.6 Å². The van der Waals surface area contributed by atoms with E-state index in [1.165, 1.54) is 12.1 Å². The number of halogens is 4. The summed E-state index contributed by atoms with van der Waals surface area (Å²) in [5.74, 6) is -0.444. The van der Waals surface area contributed by atoms with Crippen LogP contribution < -0.4 is 5.73 Å².